The Bertz CT molecular complexity index is 1950. The average Bonchev–Trinajstić information content (AvgIpc) is 3.73. The Balaban J connectivity index is 0.986. The number of benzene rings is 3. The Kier molecular flexibility index (Phi) is 7.93. The van der Waals surface area contributed by atoms with Gasteiger partial charge in [-0.05, 0) is 85.8 Å². The third kappa shape index (κ3) is 5.63. The van der Waals surface area contributed by atoms with E-state index in [0.717, 1.165) is 72.7 Å². The van der Waals surface area contributed by atoms with Crippen LogP contribution in [0, 0.1) is 5.82 Å². The van der Waals surface area contributed by atoms with Crippen LogP contribution in [0.4, 0.5) is 4.39 Å². The summed E-state index contributed by atoms with van der Waals surface area (Å²) in [5.41, 5.74) is 5.90. The first-order valence-electron chi connectivity index (χ1n) is 16.8. The fourth-order valence-corrected chi connectivity index (χ4v) is 9.89. The quantitative estimate of drug-likeness (QED) is 0.253. The minimum atomic E-state index is -0.923. The molecule has 4 aliphatic heterocycles. The molecule has 1 N–H and O–H groups in total. The summed E-state index contributed by atoms with van der Waals surface area (Å²) in [5.74, 6) is 0.479. The Labute approximate surface area is 280 Å². The maximum absolute atomic E-state index is 15.3. The van der Waals surface area contributed by atoms with Gasteiger partial charge in [-0.2, -0.15) is 0 Å². The predicted octanol–water partition coefficient (Wildman–Crippen LogP) is 5.36. The van der Waals surface area contributed by atoms with E-state index in [0.29, 0.717) is 46.5 Å². The highest BCUT2D eigenvalue weighted by Gasteiger charge is 2.49. The fraction of sp³-hybridized carbons (Fsp3) is 0.378. The Hall–Kier alpha value is -4.32. The van der Waals surface area contributed by atoms with Gasteiger partial charge in [-0.25, -0.2) is 14.2 Å². The third-order valence-electron chi connectivity index (χ3n) is 10.5. The summed E-state index contributed by atoms with van der Waals surface area (Å²) in [7, 11) is 2.92. The molecule has 0 bridgehead atoms. The molecule has 0 radical (unpaired) electrons. The van der Waals surface area contributed by atoms with Gasteiger partial charge in [0.05, 0.1) is 38.8 Å². The second-order valence-electron chi connectivity index (χ2n) is 13.7. The SMILES string of the molecule is CN(C)C(=O)c1ccc(C2C=Cc3cccc(C4CCN(Cc5nc6ccc(C(=O)O)cc6n5[C@@H]5[SiH2]C5C5CCO5)CC4)c3O2)c(F)c1. The van der Waals surface area contributed by atoms with Crippen molar-refractivity contribution < 1.29 is 28.6 Å². The molecule has 0 saturated carbocycles. The van der Waals surface area contributed by atoms with Crippen LogP contribution in [0.2, 0.25) is 5.54 Å². The molecule has 1 aromatic heterocycles. The Morgan fingerprint density at radius 2 is 1.83 bits per heavy atom. The Morgan fingerprint density at radius 3 is 2.54 bits per heavy atom. The van der Waals surface area contributed by atoms with Crippen molar-refractivity contribution in [2.75, 3.05) is 33.8 Å². The largest absolute Gasteiger partial charge is 0.481 e. The summed E-state index contributed by atoms with van der Waals surface area (Å²) < 4.78 is 30.0. The van der Waals surface area contributed by atoms with Crippen molar-refractivity contribution in [3.63, 3.8) is 0 Å². The van der Waals surface area contributed by atoms with Crippen molar-refractivity contribution in [3.05, 3.63) is 100 Å². The number of nitrogens with zero attached hydrogens (tertiary/aromatic N) is 4. The van der Waals surface area contributed by atoms with Crippen molar-refractivity contribution in [3.8, 4) is 5.75 Å². The number of fused-ring (bicyclic) bond motifs is 2. The summed E-state index contributed by atoms with van der Waals surface area (Å²) in [6, 6.07) is 16.1. The number of carboxylic acids is 1. The summed E-state index contributed by atoms with van der Waals surface area (Å²) in [5, 5.41) is 9.68. The first-order chi connectivity index (χ1) is 23.2. The lowest BCUT2D eigenvalue weighted by molar-refractivity contribution is -0.0494. The van der Waals surface area contributed by atoms with Gasteiger partial charge in [-0.1, -0.05) is 30.3 Å². The second kappa shape index (κ2) is 12.3. The van der Waals surface area contributed by atoms with E-state index < -0.39 is 17.9 Å². The van der Waals surface area contributed by atoms with Gasteiger partial charge >= 0.3 is 5.97 Å². The number of halogens is 1. The molecule has 4 aromatic rings. The molecule has 248 valence electrons. The van der Waals surface area contributed by atoms with E-state index in [2.05, 4.69) is 21.6 Å². The molecule has 8 rings (SSSR count). The number of rotatable bonds is 8. The minimum Gasteiger partial charge on any atom is -0.481 e. The lowest BCUT2D eigenvalue weighted by Gasteiger charge is -2.34. The topological polar surface area (TPSA) is 97.1 Å². The van der Waals surface area contributed by atoms with Gasteiger partial charge < -0.3 is 24.0 Å². The maximum atomic E-state index is 15.3. The number of carbonyl (C=O) groups excluding carboxylic acids is 1. The van der Waals surface area contributed by atoms with Gasteiger partial charge in [-0.3, -0.25) is 9.69 Å². The summed E-state index contributed by atoms with van der Waals surface area (Å²) in [6.07, 6.45) is 6.65. The monoisotopic (exact) mass is 666 g/mol. The van der Waals surface area contributed by atoms with Crippen LogP contribution in [0.5, 0.6) is 5.75 Å². The molecular formula is C37H39FN4O5Si. The summed E-state index contributed by atoms with van der Waals surface area (Å²) >= 11 is 0. The lowest BCUT2D eigenvalue weighted by atomic mass is 9.87. The summed E-state index contributed by atoms with van der Waals surface area (Å²) in [4.78, 5) is 33.1. The molecule has 3 unspecified atom stereocenters. The lowest BCUT2D eigenvalue weighted by Crippen LogP contribution is -2.33. The summed E-state index contributed by atoms with van der Waals surface area (Å²) in [6.45, 7) is 3.34. The van der Waals surface area contributed by atoms with E-state index in [1.165, 1.54) is 11.0 Å². The van der Waals surface area contributed by atoms with Crippen molar-refractivity contribution in [2.45, 2.75) is 55.1 Å². The third-order valence-corrected chi connectivity index (χ3v) is 12.8. The van der Waals surface area contributed by atoms with Gasteiger partial charge in [0.1, 0.15) is 23.5 Å². The van der Waals surface area contributed by atoms with E-state index in [-0.39, 0.29) is 15.4 Å². The van der Waals surface area contributed by atoms with Crippen LogP contribution in [0.3, 0.4) is 0 Å². The van der Waals surface area contributed by atoms with E-state index in [1.807, 2.05) is 24.3 Å². The predicted molar refractivity (Wildman–Crippen MR) is 183 cm³/mol. The number of carbonyl (C=O) groups is 2. The van der Waals surface area contributed by atoms with Crippen molar-refractivity contribution in [1.82, 2.24) is 19.4 Å². The molecular weight excluding hydrogens is 628 g/mol. The molecule has 48 heavy (non-hydrogen) atoms. The normalized spacial score (nSPS) is 24.2. The van der Waals surface area contributed by atoms with Crippen LogP contribution in [0.25, 0.3) is 17.1 Å². The molecule has 4 atom stereocenters. The van der Waals surface area contributed by atoms with Crippen LogP contribution in [-0.4, -0.2) is 85.7 Å². The van der Waals surface area contributed by atoms with Gasteiger partial charge in [-0.15, -0.1) is 0 Å². The first kappa shape index (κ1) is 31.0. The highest BCUT2D eigenvalue weighted by atomic mass is 28.2. The van der Waals surface area contributed by atoms with Gasteiger partial charge in [0, 0.05) is 43.1 Å². The molecule has 9 nitrogen and oxygen atoms in total. The van der Waals surface area contributed by atoms with Crippen LogP contribution < -0.4 is 4.74 Å². The molecule has 0 spiro atoms. The second-order valence-corrected chi connectivity index (χ2v) is 16.0. The maximum Gasteiger partial charge on any atom is 0.335 e. The number of piperidine rings is 1. The number of aromatic nitrogens is 2. The van der Waals surface area contributed by atoms with Crippen LogP contribution in [0.15, 0.2) is 60.7 Å². The zero-order valence-corrected chi connectivity index (χ0v) is 28.6. The molecule has 1 amide bonds. The number of amides is 1. The number of ether oxygens (including phenoxy) is 2. The molecule has 5 heterocycles. The number of aromatic carboxylic acids is 1. The molecule has 11 heteroatoms. The number of carboxylic acid groups (broad SMARTS) is 1. The highest BCUT2D eigenvalue weighted by Crippen LogP contribution is 2.49. The van der Waals surface area contributed by atoms with Gasteiger partial charge in [0.25, 0.3) is 5.91 Å². The van der Waals surface area contributed by atoms with E-state index >= 15 is 4.39 Å². The minimum absolute atomic E-state index is 0.244. The molecule has 3 fully saturated rings. The van der Waals surface area contributed by atoms with Gasteiger partial charge in [0.2, 0.25) is 0 Å². The fourth-order valence-electron chi connectivity index (χ4n) is 7.68. The van der Waals surface area contributed by atoms with Crippen LogP contribution in [-0.2, 0) is 11.3 Å². The zero-order valence-electron chi connectivity index (χ0n) is 27.1. The van der Waals surface area contributed by atoms with Gasteiger partial charge in [0.15, 0.2) is 0 Å². The molecule has 0 aliphatic carbocycles. The molecule has 3 saturated heterocycles. The van der Waals surface area contributed by atoms with E-state index in [1.54, 1.807) is 38.4 Å². The Morgan fingerprint density at radius 1 is 1.04 bits per heavy atom. The number of hydrogen-bond acceptors (Lipinski definition) is 6. The van der Waals surface area contributed by atoms with Crippen LogP contribution >= 0.6 is 0 Å². The van der Waals surface area contributed by atoms with E-state index in [9.17, 15) is 14.7 Å². The first-order valence-corrected chi connectivity index (χ1v) is 18.5. The standard InChI is InChI=1S/C37H39FN4O5Si/c1-40(2)35(43)23-6-9-26(27(38)18-23)30-11-8-22-4-3-5-25(33(22)47-30)21-12-15-41(16-13-21)20-32-39-28-10-7-24(37(44)45)19-29(28)42(32)36-34(48-36)31-14-17-46-31/h3-11,18-19,21,30-31,34,36H,12-17,20,48H2,1-2H3,(H,44,45)/t30?,31?,34?,36-/m1/s1. The smallest absolute Gasteiger partial charge is 0.335 e. The molecule has 3 aromatic carbocycles. The van der Waals surface area contributed by atoms with Crippen LogP contribution in [0.1, 0.15) is 80.2 Å². The number of imidazole rings is 1. The van der Waals surface area contributed by atoms with E-state index in [4.69, 9.17) is 14.5 Å². The van der Waals surface area contributed by atoms with Crippen molar-refractivity contribution >= 4 is 38.5 Å². The van der Waals surface area contributed by atoms with Crippen molar-refractivity contribution in [1.29, 1.82) is 0 Å². The number of para-hydroxylation sites is 1. The molecule has 4 aliphatic rings. The number of hydrogen-bond donors (Lipinski definition) is 1. The average molecular weight is 667 g/mol. The van der Waals surface area contributed by atoms with Crippen molar-refractivity contribution in [2.24, 2.45) is 0 Å². The highest BCUT2D eigenvalue weighted by molar-refractivity contribution is 6.53. The zero-order chi connectivity index (χ0) is 33.1. The number of likely N-dealkylation sites (tertiary alicyclic amines) is 1.